The Labute approximate surface area is 239 Å². The van der Waals surface area contributed by atoms with Gasteiger partial charge in [-0.1, -0.05) is 38.3 Å². The molecule has 2 aliphatic rings. The number of hydrogen-bond donors (Lipinski definition) is 3. The molecule has 0 saturated heterocycles. The predicted octanol–water partition coefficient (Wildman–Crippen LogP) is 5.74. The van der Waals surface area contributed by atoms with E-state index in [1.54, 1.807) is 0 Å². The smallest absolute Gasteiger partial charge is 0.302 e. The number of nitrogens with one attached hydrogen (secondary N) is 1. The van der Waals surface area contributed by atoms with Gasteiger partial charge in [-0.05, 0) is 74.6 Å². The van der Waals surface area contributed by atoms with Crippen molar-refractivity contribution in [2.75, 3.05) is 6.54 Å². The Morgan fingerprint density at radius 3 is 2.40 bits per heavy atom. The number of esters is 2. The maximum atomic E-state index is 11.9. The molecule has 2 atom stereocenters. The van der Waals surface area contributed by atoms with E-state index in [1.165, 1.54) is 20.3 Å². The van der Waals surface area contributed by atoms with Gasteiger partial charge < -0.3 is 30.4 Å². The van der Waals surface area contributed by atoms with Crippen molar-refractivity contribution in [1.82, 2.24) is 5.32 Å². The van der Waals surface area contributed by atoms with Crippen LogP contribution >= 0.6 is 0 Å². The fraction of sp³-hybridized carbons (Fsp3) is 0.625. The standard InChI is InChI=1S/C32H48N2O6/c1-4-5-7-12-28(38-22(2)35)21-29(39-23(3)36)14-13-24-17-26(18-25-15-16-34-31(33)20-25)32(37)30(19-24)40-27-10-8-6-9-11-27/h15,17,19-20,27-29,34,37H,4-14,16,18,21,33H2,1-3H3. The normalized spacial score (nSPS) is 17.2. The highest BCUT2D eigenvalue weighted by Crippen LogP contribution is 2.37. The number of carbonyl (C=O) groups excluding carboxylic acids is 2. The minimum Gasteiger partial charge on any atom is -0.504 e. The van der Waals surface area contributed by atoms with E-state index in [0.717, 1.165) is 68.1 Å². The average Bonchev–Trinajstić information content (AvgIpc) is 2.90. The van der Waals surface area contributed by atoms with E-state index in [-0.39, 0.29) is 29.9 Å². The molecule has 2 unspecified atom stereocenters. The molecule has 1 fully saturated rings. The van der Waals surface area contributed by atoms with Gasteiger partial charge in [0.25, 0.3) is 0 Å². The Kier molecular flexibility index (Phi) is 12.7. The quantitative estimate of drug-likeness (QED) is 0.185. The first-order valence-corrected chi connectivity index (χ1v) is 15.0. The highest BCUT2D eigenvalue weighted by molar-refractivity contribution is 5.66. The van der Waals surface area contributed by atoms with Gasteiger partial charge in [0.2, 0.25) is 0 Å². The number of phenolic OH excluding ortho intramolecular Hbond substituents is 1. The lowest BCUT2D eigenvalue weighted by molar-refractivity contribution is -0.153. The van der Waals surface area contributed by atoms with E-state index in [4.69, 9.17) is 19.9 Å². The first kappa shape index (κ1) is 31.4. The lowest BCUT2D eigenvalue weighted by atomic mass is 9.95. The monoisotopic (exact) mass is 556 g/mol. The van der Waals surface area contributed by atoms with Crippen LogP contribution in [-0.2, 0) is 31.9 Å². The molecular formula is C32H48N2O6. The highest BCUT2D eigenvalue weighted by Gasteiger charge is 2.23. The van der Waals surface area contributed by atoms with Gasteiger partial charge in [-0.2, -0.15) is 0 Å². The summed E-state index contributed by atoms with van der Waals surface area (Å²) in [6, 6.07) is 3.93. The molecule has 0 amide bonds. The second-order valence-corrected chi connectivity index (χ2v) is 11.1. The Bertz CT molecular complexity index is 1040. The molecule has 0 spiro atoms. The minimum absolute atomic E-state index is 0.0952. The van der Waals surface area contributed by atoms with Crippen LogP contribution in [-0.4, -0.2) is 41.9 Å². The molecule has 222 valence electrons. The van der Waals surface area contributed by atoms with E-state index in [1.807, 2.05) is 18.2 Å². The van der Waals surface area contributed by atoms with Gasteiger partial charge in [0.1, 0.15) is 12.2 Å². The summed E-state index contributed by atoms with van der Waals surface area (Å²) < 4.78 is 17.6. The first-order valence-electron chi connectivity index (χ1n) is 15.0. The van der Waals surface area contributed by atoms with E-state index in [0.29, 0.717) is 43.8 Å². The number of phenols is 1. The molecule has 1 aromatic rings. The number of allylic oxidation sites excluding steroid dienone is 2. The summed E-state index contributed by atoms with van der Waals surface area (Å²) in [5.41, 5.74) is 8.78. The zero-order valence-corrected chi connectivity index (χ0v) is 24.5. The third-order valence-corrected chi connectivity index (χ3v) is 7.54. The van der Waals surface area contributed by atoms with Gasteiger partial charge in [-0.15, -0.1) is 0 Å². The van der Waals surface area contributed by atoms with Crippen molar-refractivity contribution in [3.63, 3.8) is 0 Å². The van der Waals surface area contributed by atoms with Crippen LogP contribution in [0.2, 0.25) is 0 Å². The summed E-state index contributed by atoms with van der Waals surface area (Å²) in [6.07, 6.45) is 14.8. The van der Waals surface area contributed by atoms with Crippen LogP contribution in [0.15, 0.2) is 35.7 Å². The molecule has 8 nitrogen and oxygen atoms in total. The highest BCUT2D eigenvalue weighted by atomic mass is 16.6. The fourth-order valence-corrected chi connectivity index (χ4v) is 5.58. The van der Waals surface area contributed by atoms with Crippen molar-refractivity contribution in [2.24, 2.45) is 5.73 Å². The van der Waals surface area contributed by atoms with Gasteiger partial charge >= 0.3 is 11.9 Å². The second kappa shape index (κ2) is 16.2. The van der Waals surface area contributed by atoms with Crippen molar-refractivity contribution >= 4 is 11.9 Å². The molecule has 0 aromatic heterocycles. The summed E-state index contributed by atoms with van der Waals surface area (Å²) >= 11 is 0. The van der Waals surface area contributed by atoms with E-state index < -0.39 is 6.10 Å². The SMILES string of the molecule is CCCCCC(CC(CCc1cc(CC2=CCNC(N)=C2)c(O)c(OC2CCCCC2)c1)OC(C)=O)OC(C)=O. The summed E-state index contributed by atoms with van der Waals surface area (Å²) in [7, 11) is 0. The zero-order chi connectivity index (χ0) is 28.9. The van der Waals surface area contributed by atoms with Crippen molar-refractivity contribution in [3.8, 4) is 11.5 Å². The van der Waals surface area contributed by atoms with Gasteiger partial charge in [0.15, 0.2) is 11.5 Å². The minimum atomic E-state index is -0.390. The first-order chi connectivity index (χ1) is 19.2. The number of carbonyl (C=O) groups is 2. The number of unbranched alkanes of at least 4 members (excludes halogenated alkanes) is 2. The van der Waals surface area contributed by atoms with Crippen LogP contribution in [0.25, 0.3) is 0 Å². The Hall–Kier alpha value is -3.16. The van der Waals surface area contributed by atoms with Gasteiger partial charge in [0.05, 0.1) is 11.9 Å². The van der Waals surface area contributed by atoms with Crippen molar-refractivity contribution in [3.05, 3.63) is 46.8 Å². The van der Waals surface area contributed by atoms with Crippen LogP contribution in [0.1, 0.15) is 103 Å². The van der Waals surface area contributed by atoms with Crippen LogP contribution in [0.3, 0.4) is 0 Å². The van der Waals surface area contributed by atoms with E-state index in [2.05, 4.69) is 18.3 Å². The second-order valence-electron chi connectivity index (χ2n) is 11.1. The molecule has 1 saturated carbocycles. The molecule has 40 heavy (non-hydrogen) atoms. The topological polar surface area (TPSA) is 120 Å². The van der Waals surface area contributed by atoms with E-state index >= 15 is 0 Å². The summed E-state index contributed by atoms with van der Waals surface area (Å²) in [4.78, 5) is 23.7. The molecule has 1 aliphatic carbocycles. The fourth-order valence-electron chi connectivity index (χ4n) is 5.58. The molecule has 1 aliphatic heterocycles. The van der Waals surface area contributed by atoms with E-state index in [9.17, 15) is 14.7 Å². The molecular weight excluding hydrogens is 508 g/mol. The van der Waals surface area contributed by atoms with Crippen LogP contribution in [0, 0.1) is 0 Å². The van der Waals surface area contributed by atoms with Gasteiger partial charge in [-0.25, -0.2) is 0 Å². The van der Waals surface area contributed by atoms with Crippen LogP contribution < -0.4 is 15.8 Å². The number of benzene rings is 1. The third-order valence-electron chi connectivity index (χ3n) is 7.54. The Balaban J connectivity index is 1.79. The summed E-state index contributed by atoms with van der Waals surface area (Å²) in [6.45, 7) is 5.61. The molecule has 8 heteroatoms. The molecule has 1 aromatic carbocycles. The number of rotatable bonds is 15. The molecule has 4 N–H and O–H groups in total. The number of aryl methyl sites for hydroxylation is 1. The number of hydrogen-bond acceptors (Lipinski definition) is 8. The third kappa shape index (κ3) is 10.8. The number of nitrogens with two attached hydrogens (primary N) is 1. The molecule has 3 rings (SSSR count). The lowest BCUT2D eigenvalue weighted by Gasteiger charge is -2.25. The zero-order valence-electron chi connectivity index (χ0n) is 24.5. The van der Waals surface area contributed by atoms with Crippen LogP contribution in [0.5, 0.6) is 11.5 Å². The predicted molar refractivity (Wildman–Crippen MR) is 156 cm³/mol. The Morgan fingerprint density at radius 2 is 1.75 bits per heavy atom. The van der Waals surface area contributed by atoms with Gasteiger partial charge in [-0.3, -0.25) is 9.59 Å². The molecule has 0 radical (unpaired) electrons. The maximum Gasteiger partial charge on any atom is 0.302 e. The molecule has 1 heterocycles. The van der Waals surface area contributed by atoms with Gasteiger partial charge in [0, 0.05) is 38.8 Å². The number of ether oxygens (including phenoxy) is 3. The lowest BCUT2D eigenvalue weighted by Crippen LogP contribution is -2.27. The Morgan fingerprint density at radius 1 is 1.05 bits per heavy atom. The van der Waals surface area contributed by atoms with Crippen LogP contribution in [0.4, 0.5) is 0 Å². The summed E-state index contributed by atoms with van der Waals surface area (Å²) in [5, 5.41) is 14.3. The number of dihydropyridines is 1. The van der Waals surface area contributed by atoms with Crippen molar-refractivity contribution < 1.29 is 28.9 Å². The largest absolute Gasteiger partial charge is 0.504 e. The number of aromatic hydroxyl groups is 1. The summed E-state index contributed by atoms with van der Waals surface area (Å²) in [5.74, 6) is 0.612. The molecule has 0 bridgehead atoms. The maximum absolute atomic E-state index is 11.9. The van der Waals surface area contributed by atoms with Crippen molar-refractivity contribution in [2.45, 2.75) is 123 Å². The van der Waals surface area contributed by atoms with Crippen molar-refractivity contribution in [1.29, 1.82) is 0 Å². The average molecular weight is 557 g/mol.